The highest BCUT2D eigenvalue weighted by Crippen LogP contribution is 2.12. The van der Waals surface area contributed by atoms with Crippen molar-refractivity contribution in [3.63, 3.8) is 0 Å². The van der Waals surface area contributed by atoms with Crippen LogP contribution in [0.15, 0.2) is 18.2 Å². The van der Waals surface area contributed by atoms with Crippen molar-refractivity contribution in [1.82, 2.24) is 4.98 Å². The van der Waals surface area contributed by atoms with Crippen molar-refractivity contribution in [3.05, 3.63) is 24.1 Å². The topological polar surface area (TPSA) is 36.4 Å². The zero-order valence-electron chi connectivity index (χ0n) is 8.66. The number of anilines is 1. The molecule has 1 rings (SSSR count). The molecule has 14 heavy (non-hydrogen) atoms. The molecule has 0 aliphatic carbocycles. The first kappa shape index (κ1) is 10.9. The third-order valence-electron chi connectivity index (χ3n) is 1.72. The lowest BCUT2D eigenvalue weighted by Crippen LogP contribution is -2.36. The molecule has 0 amide bonds. The standard InChI is InChI=1S/C10H15FN2O/c1-10(2,14)7-13(3)9-6-4-5-8(11)12-9/h4-6,14H,7H2,1-3H3. The summed E-state index contributed by atoms with van der Waals surface area (Å²) in [5.74, 6) is 0.0113. The summed E-state index contributed by atoms with van der Waals surface area (Å²) in [6, 6.07) is 4.59. The molecule has 0 aliphatic rings. The summed E-state index contributed by atoms with van der Waals surface area (Å²) < 4.78 is 12.8. The number of aliphatic hydroxyl groups is 1. The first-order valence-corrected chi connectivity index (χ1v) is 4.44. The average Bonchev–Trinajstić information content (AvgIpc) is 2.01. The second kappa shape index (κ2) is 3.92. The van der Waals surface area contributed by atoms with Gasteiger partial charge in [-0.15, -0.1) is 0 Å². The van der Waals surface area contributed by atoms with Gasteiger partial charge in [-0.25, -0.2) is 4.98 Å². The van der Waals surface area contributed by atoms with Gasteiger partial charge in [0.15, 0.2) is 0 Å². The third-order valence-corrected chi connectivity index (χ3v) is 1.72. The molecule has 3 nitrogen and oxygen atoms in total. The van der Waals surface area contributed by atoms with E-state index in [4.69, 9.17) is 0 Å². The van der Waals surface area contributed by atoms with Gasteiger partial charge in [-0.3, -0.25) is 0 Å². The van der Waals surface area contributed by atoms with Crippen LogP contribution in [0.4, 0.5) is 10.2 Å². The second-order valence-electron chi connectivity index (χ2n) is 3.99. The number of likely N-dealkylation sites (N-methyl/N-ethyl adjacent to an activating group) is 1. The Balaban J connectivity index is 2.74. The van der Waals surface area contributed by atoms with Crippen LogP contribution in [0.2, 0.25) is 0 Å². The summed E-state index contributed by atoms with van der Waals surface area (Å²) in [4.78, 5) is 5.42. The molecular weight excluding hydrogens is 183 g/mol. The highest BCUT2D eigenvalue weighted by atomic mass is 19.1. The van der Waals surface area contributed by atoms with E-state index in [9.17, 15) is 9.50 Å². The molecule has 1 N–H and O–H groups in total. The summed E-state index contributed by atoms with van der Waals surface area (Å²) >= 11 is 0. The quantitative estimate of drug-likeness (QED) is 0.746. The smallest absolute Gasteiger partial charge is 0.214 e. The summed E-state index contributed by atoms with van der Waals surface area (Å²) in [7, 11) is 1.76. The molecule has 0 aromatic carbocycles. The van der Waals surface area contributed by atoms with Gasteiger partial charge in [0.05, 0.1) is 5.60 Å². The number of halogens is 1. The van der Waals surface area contributed by atoms with E-state index in [1.807, 2.05) is 0 Å². The SMILES string of the molecule is CN(CC(C)(C)O)c1cccc(F)n1. The van der Waals surface area contributed by atoms with E-state index in [1.54, 1.807) is 37.9 Å². The number of hydrogen-bond acceptors (Lipinski definition) is 3. The Kier molecular flexibility index (Phi) is 3.06. The van der Waals surface area contributed by atoms with Crippen molar-refractivity contribution in [2.75, 3.05) is 18.5 Å². The van der Waals surface area contributed by atoms with E-state index < -0.39 is 11.5 Å². The largest absolute Gasteiger partial charge is 0.389 e. The summed E-state index contributed by atoms with van der Waals surface area (Å²) in [5, 5.41) is 9.56. The fourth-order valence-electron chi connectivity index (χ4n) is 1.27. The second-order valence-corrected chi connectivity index (χ2v) is 3.99. The maximum atomic E-state index is 12.8. The molecule has 0 saturated carbocycles. The number of pyridine rings is 1. The monoisotopic (exact) mass is 198 g/mol. The molecular formula is C10H15FN2O. The number of nitrogens with zero attached hydrogens (tertiary/aromatic N) is 2. The van der Waals surface area contributed by atoms with Crippen molar-refractivity contribution in [2.24, 2.45) is 0 Å². The van der Waals surface area contributed by atoms with Crippen LogP contribution in [0.5, 0.6) is 0 Å². The molecule has 0 unspecified atom stereocenters. The van der Waals surface area contributed by atoms with E-state index in [2.05, 4.69) is 4.98 Å². The van der Waals surface area contributed by atoms with Crippen LogP contribution in [0, 0.1) is 5.95 Å². The Morgan fingerprint density at radius 3 is 2.64 bits per heavy atom. The highest BCUT2D eigenvalue weighted by molar-refractivity contribution is 5.37. The molecule has 0 radical (unpaired) electrons. The van der Waals surface area contributed by atoms with Crippen LogP contribution in [0.1, 0.15) is 13.8 Å². The lowest BCUT2D eigenvalue weighted by molar-refractivity contribution is 0.0884. The lowest BCUT2D eigenvalue weighted by atomic mass is 10.1. The fourth-order valence-corrected chi connectivity index (χ4v) is 1.27. The first-order valence-electron chi connectivity index (χ1n) is 4.44. The molecule has 1 aromatic heterocycles. The Morgan fingerprint density at radius 2 is 2.14 bits per heavy atom. The van der Waals surface area contributed by atoms with Crippen LogP contribution in [-0.4, -0.2) is 29.3 Å². The minimum absolute atomic E-state index is 0.406. The van der Waals surface area contributed by atoms with E-state index >= 15 is 0 Å². The van der Waals surface area contributed by atoms with Gasteiger partial charge in [0.1, 0.15) is 5.82 Å². The van der Waals surface area contributed by atoms with Crippen LogP contribution < -0.4 is 4.90 Å². The molecule has 1 heterocycles. The van der Waals surface area contributed by atoms with E-state index in [0.717, 1.165) is 0 Å². The van der Waals surface area contributed by atoms with E-state index in [1.165, 1.54) is 6.07 Å². The molecule has 0 aliphatic heterocycles. The molecule has 4 heteroatoms. The lowest BCUT2D eigenvalue weighted by Gasteiger charge is -2.26. The summed E-state index contributed by atoms with van der Waals surface area (Å²) in [5.41, 5.74) is -0.817. The minimum Gasteiger partial charge on any atom is -0.389 e. The fraction of sp³-hybridized carbons (Fsp3) is 0.500. The van der Waals surface area contributed by atoms with E-state index in [0.29, 0.717) is 12.4 Å². The van der Waals surface area contributed by atoms with Gasteiger partial charge in [-0.05, 0) is 26.0 Å². The normalized spacial score (nSPS) is 11.5. The van der Waals surface area contributed by atoms with Gasteiger partial charge in [0.2, 0.25) is 5.95 Å². The van der Waals surface area contributed by atoms with Crippen LogP contribution >= 0.6 is 0 Å². The minimum atomic E-state index is -0.817. The zero-order chi connectivity index (χ0) is 10.8. The van der Waals surface area contributed by atoms with Gasteiger partial charge in [0, 0.05) is 13.6 Å². The maximum Gasteiger partial charge on any atom is 0.214 e. The van der Waals surface area contributed by atoms with Crippen molar-refractivity contribution in [3.8, 4) is 0 Å². The predicted octanol–water partition coefficient (Wildman–Crippen LogP) is 1.43. The molecule has 0 bridgehead atoms. The van der Waals surface area contributed by atoms with Crippen molar-refractivity contribution >= 4 is 5.82 Å². The maximum absolute atomic E-state index is 12.8. The third kappa shape index (κ3) is 3.30. The van der Waals surface area contributed by atoms with Crippen LogP contribution in [0.3, 0.4) is 0 Å². The van der Waals surface area contributed by atoms with Crippen molar-refractivity contribution < 1.29 is 9.50 Å². The molecule has 78 valence electrons. The van der Waals surface area contributed by atoms with Gasteiger partial charge in [-0.1, -0.05) is 6.07 Å². The van der Waals surface area contributed by atoms with Crippen LogP contribution in [0.25, 0.3) is 0 Å². The zero-order valence-corrected chi connectivity index (χ0v) is 8.66. The summed E-state index contributed by atoms with van der Waals surface area (Å²) in [6.07, 6.45) is 0. The number of hydrogen-bond donors (Lipinski definition) is 1. The van der Waals surface area contributed by atoms with Gasteiger partial charge >= 0.3 is 0 Å². The number of rotatable bonds is 3. The van der Waals surface area contributed by atoms with Crippen LogP contribution in [-0.2, 0) is 0 Å². The van der Waals surface area contributed by atoms with Crippen molar-refractivity contribution in [2.45, 2.75) is 19.4 Å². The Labute approximate surface area is 83.2 Å². The van der Waals surface area contributed by atoms with E-state index in [-0.39, 0.29) is 0 Å². The van der Waals surface area contributed by atoms with Crippen molar-refractivity contribution in [1.29, 1.82) is 0 Å². The Bertz CT molecular complexity index is 309. The Morgan fingerprint density at radius 1 is 1.50 bits per heavy atom. The summed E-state index contributed by atoms with van der Waals surface area (Å²) in [6.45, 7) is 3.80. The molecule has 0 fully saturated rings. The Hall–Kier alpha value is -1.16. The molecule has 0 spiro atoms. The molecule has 0 atom stereocenters. The predicted molar refractivity (Wildman–Crippen MR) is 53.8 cm³/mol. The first-order chi connectivity index (χ1) is 6.38. The number of aromatic nitrogens is 1. The highest BCUT2D eigenvalue weighted by Gasteiger charge is 2.16. The average molecular weight is 198 g/mol. The molecule has 1 aromatic rings. The van der Waals surface area contributed by atoms with Gasteiger partial charge in [0.25, 0.3) is 0 Å². The van der Waals surface area contributed by atoms with Gasteiger partial charge in [-0.2, -0.15) is 4.39 Å². The molecule has 0 saturated heterocycles. The van der Waals surface area contributed by atoms with Gasteiger partial charge < -0.3 is 10.0 Å².